The quantitative estimate of drug-likeness (QED) is 0.766. The van der Waals surface area contributed by atoms with Crippen LogP contribution in [0.1, 0.15) is 11.1 Å². The van der Waals surface area contributed by atoms with Crippen LogP contribution >= 0.6 is 0 Å². The number of nitrogen functional groups attached to an aromatic ring is 1. The Kier molecular flexibility index (Phi) is 3.78. The van der Waals surface area contributed by atoms with E-state index >= 15 is 0 Å². The Bertz CT molecular complexity index is 726. The van der Waals surface area contributed by atoms with Crippen molar-refractivity contribution in [2.24, 2.45) is 0 Å². The average Bonchev–Trinajstić information content (AvgIpc) is 2.50. The molecular weight excluding hydrogens is 260 g/mol. The monoisotopic (exact) mass is 276 g/mol. The highest BCUT2D eigenvalue weighted by Crippen LogP contribution is 2.22. The van der Waals surface area contributed by atoms with Crippen molar-refractivity contribution in [2.45, 2.75) is 6.42 Å². The largest absolute Gasteiger partial charge is 0.368 e. The summed E-state index contributed by atoms with van der Waals surface area (Å²) >= 11 is 0. The summed E-state index contributed by atoms with van der Waals surface area (Å²) in [5, 5.41) is 3.30. The van der Waals surface area contributed by atoms with Crippen LogP contribution in [0, 0.1) is 0 Å². The minimum Gasteiger partial charge on any atom is -0.368 e. The van der Waals surface area contributed by atoms with Crippen LogP contribution in [0.2, 0.25) is 0 Å². The van der Waals surface area contributed by atoms with Crippen LogP contribution in [-0.4, -0.2) is 9.97 Å². The summed E-state index contributed by atoms with van der Waals surface area (Å²) in [6, 6.07) is 20.4. The van der Waals surface area contributed by atoms with Gasteiger partial charge in [-0.25, -0.2) is 4.98 Å². The van der Waals surface area contributed by atoms with E-state index in [1.165, 1.54) is 11.1 Å². The van der Waals surface area contributed by atoms with Crippen LogP contribution in [0.25, 0.3) is 0 Å². The van der Waals surface area contributed by atoms with Gasteiger partial charge in [0, 0.05) is 11.9 Å². The summed E-state index contributed by atoms with van der Waals surface area (Å²) in [4.78, 5) is 8.07. The zero-order valence-electron chi connectivity index (χ0n) is 11.5. The van der Waals surface area contributed by atoms with E-state index in [1.54, 1.807) is 12.3 Å². The van der Waals surface area contributed by atoms with E-state index in [9.17, 15) is 0 Å². The maximum absolute atomic E-state index is 5.61. The number of para-hydroxylation sites is 1. The predicted octanol–water partition coefficient (Wildman–Crippen LogP) is 3.39. The molecule has 3 N–H and O–H groups in total. The summed E-state index contributed by atoms with van der Waals surface area (Å²) in [7, 11) is 0. The van der Waals surface area contributed by atoms with Crippen molar-refractivity contribution in [1.29, 1.82) is 0 Å². The first kappa shape index (κ1) is 13.1. The fourth-order valence-corrected chi connectivity index (χ4v) is 2.19. The standard InChI is InChI=1S/C17H16N4/c18-17-19-11-10-16(21-17)20-15-9-5-4-8-14(15)12-13-6-2-1-3-7-13/h1-11H,12H2,(H3,18,19,20,21). The first-order chi connectivity index (χ1) is 10.3. The highest BCUT2D eigenvalue weighted by Gasteiger charge is 2.04. The lowest BCUT2D eigenvalue weighted by molar-refractivity contribution is 1.16. The fourth-order valence-electron chi connectivity index (χ4n) is 2.19. The first-order valence-corrected chi connectivity index (χ1v) is 6.78. The van der Waals surface area contributed by atoms with Crippen molar-refractivity contribution in [3.05, 3.63) is 78.0 Å². The number of aromatic nitrogens is 2. The summed E-state index contributed by atoms with van der Waals surface area (Å²) in [6.07, 6.45) is 2.51. The molecule has 4 nitrogen and oxygen atoms in total. The lowest BCUT2D eigenvalue weighted by Crippen LogP contribution is -2.01. The molecule has 0 saturated heterocycles. The van der Waals surface area contributed by atoms with Crippen molar-refractivity contribution < 1.29 is 0 Å². The zero-order chi connectivity index (χ0) is 14.5. The van der Waals surface area contributed by atoms with Gasteiger partial charge in [-0.05, 0) is 29.7 Å². The molecule has 0 fully saturated rings. The Hall–Kier alpha value is -2.88. The van der Waals surface area contributed by atoms with Gasteiger partial charge in [-0.3, -0.25) is 0 Å². The third-order valence-electron chi connectivity index (χ3n) is 3.19. The van der Waals surface area contributed by atoms with Gasteiger partial charge in [0.25, 0.3) is 0 Å². The van der Waals surface area contributed by atoms with Gasteiger partial charge in [-0.2, -0.15) is 4.98 Å². The number of nitrogens with zero attached hydrogens (tertiary/aromatic N) is 2. The molecule has 0 unspecified atom stereocenters. The van der Waals surface area contributed by atoms with Crippen molar-refractivity contribution in [1.82, 2.24) is 9.97 Å². The van der Waals surface area contributed by atoms with Crippen LogP contribution < -0.4 is 11.1 Å². The molecule has 0 aliphatic rings. The number of hydrogen-bond donors (Lipinski definition) is 2. The molecule has 0 aliphatic heterocycles. The van der Waals surface area contributed by atoms with Gasteiger partial charge in [-0.1, -0.05) is 48.5 Å². The van der Waals surface area contributed by atoms with E-state index in [0.29, 0.717) is 5.82 Å². The van der Waals surface area contributed by atoms with Crippen LogP contribution in [-0.2, 0) is 6.42 Å². The maximum atomic E-state index is 5.61. The van der Waals surface area contributed by atoms with Gasteiger partial charge >= 0.3 is 0 Å². The second-order valence-corrected chi connectivity index (χ2v) is 4.74. The van der Waals surface area contributed by atoms with Crippen LogP contribution in [0.15, 0.2) is 66.9 Å². The molecule has 0 saturated carbocycles. The van der Waals surface area contributed by atoms with Gasteiger partial charge in [0.05, 0.1) is 0 Å². The van der Waals surface area contributed by atoms with Crippen molar-refractivity contribution in [2.75, 3.05) is 11.1 Å². The van der Waals surface area contributed by atoms with Crippen molar-refractivity contribution >= 4 is 17.5 Å². The average molecular weight is 276 g/mol. The van der Waals surface area contributed by atoms with Gasteiger partial charge in [0.2, 0.25) is 5.95 Å². The normalized spacial score (nSPS) is 10.3. The molecule has 0 spiro atoms. The Morgan fingerprint density at radius 3 is 2.48 bits per heavy atom. The molecule has 0 bridgehead atoms. The van der Waals surface area contributed by atoms with Gasteiger partial charge in [-0.15, -0.1) is 0 Å². The van der Waals surface area contributed by atoms with E-state index in [2.05, 4.69) is 45.6 Å². The molecule has 4 heteroatoms. The third-order valence-corrected chi connectivity index (χ3v) is 3.19. The van der Waals surface area contributed by atoms with Crippen molar-refractivity contribution in [3.8, 4) is 0 Å². The number of hydrogen-bond acceptors (Lipinski definition) is 4. The molecule has 0 radical (unpaired) electrons. The molecule has 0 atom stereocenters. The topological polar surface area (TPSA) is 63.8 Å². The summed E-state index contributed by atoms with van der Waals surface area (Å²) in [6.45, 7) is 0. The molecule has 3 aromatic rings. The minimum absolute atomic E-state index is 0.264. The van der Waals surface area contributed by atoms with Gasteiger partial charge in [0.1, 0.15) is 5.82 Å². The summed E-state index contributed by atoms with van der Waals surface area (Å²) in [5.74, 6) is 0.962. The third kappa shape index (κ3) is 3.36. The van der Waals surface area contributed by atoms with E-state index in [0.717, 1.165) is 12.1 Å². The smallest absolute Gasteiger partial charge is 0.221 e. The zero-order valence-corrected chi connectivity index (χ0v) is 11.5. The lowest BCUT2D eigenvalue weighted by Gasteiger charge is -2.11. The molecule has 2 aromatic carbocycles. The van der Waals surface area contributed by atoms with Crippen LogP contribution in [0.5, 0.6) is 0 Å². The van der Waals surface area contributed by atoms with Crippen LogP contribution in [0.3, 0.4) is 0 Å². The van der Waals surface area contributed by atoms with Gasteiger partial charge < -0.3 is 11.1 Å². The van der Waals surface area contributed by atoms with Gasteiger partial charge in [0.15, 0.2) is 0 Å². The molecular formula is C17H16N4. The lowest BCUT2D eigenvalue weighted by atomic mass is 10.0. The first-order valence-electron chi connectivity index (χ1n) is 6.78. The Balaban J connectivity index is 1.86. The number of anilines is 3. The van der Waals surface area contributed by atoms with E-state index in [1.807, 2.05) is 24.3 Å². The Morgan fingerprint density at radius 2 is 1.67 bits per heavy atom. The molecule has 3 rings (SSSR count). The van der Waals surface area contributed by atoms with Crippen LogP contribution in [0.4, 0.5) is 17.5 Å². The number of benzene rings is 2. The van der Waals surface area contributed by atoms with E-state index in [4.69, 9.17) is 5.73 Å². The molecule has 21 heavy (non-hydrogen) atoms. The number of nitrogens with one attached hydrogen (secondary N) is 1. The molecule has 1 heterocycles. The Morgan fingerprint density at radius 1 is 0.905 bits per heavy atom. The molecule has 0 aliphatic carbocycles. The second kappa shape index (κ2) is 6.05. The maximum Gasteiger partial charge on any atom is 0.221 e. The molecule has 104 valence electrons. The second-order valence-electron chi connectivity index (χ2n) is 4.74. The summed E-state index contributed by atoms with van der Waals surface area (Å²) in [5.41, 5.74) is 9.12. The number of rotatable bonds is 4. The van der Waals surface area contributed by atoms with E-state index < -0.39 is 0 Å². The highest BCUT2D eigenvalue weighted by atomic mass is 15.1. The van der Waals surface area contributed by atoms with Crippen molar-refractivity contribution in [3.63, 3.8) is 0 Å². The molecule has 1 aromatic heterocycles. The SMILES string of the molecule is Nc1nccc(Nc2ccccc2Cc2ccccc2)n1. The summed E-state index contributed by atoms with van der Waals surface area (Å²) < 4.78 is 0. The fraction of sp³-hybridized carbons (Fsp3) is 0.0588. The minimum atomic E-state index is 0.264. The predicted molar refractivity (Wildman–Crippen MR) is 85.4 cm³/mol. The Labute approximate surface area is 123 Å². The highest BCUT2D eigenvalue weighted by molar-refractivity contribution is 5.61. The number of nitrogens with two attached hydrogens (primary N) is 1. The van der Waals surface area contributed by atoms with E-state index in [-0.39, 0.29) is 5.95 Å². The molecule has 0 amide bonds.